The quantitative estimate of drug-likeness (QED) is 0.222. The SMILES string of the molecule is CCCCCCCCCCCCN(C(C)O)C(C)O.O=S(=O)(O)c1ccccc1. The Hall–Kier alpha value is -0.990. The van der Waals surface area contributed by atoms with Gasteiger partial charge in [-0.15, -0.1) is 0 Å². The minimum Gasteiger partial charge on any atom is -0.379 e. The average molecular weight is 432 g/mol. The van der Waals surface area contributed by atoms with Gasteiger partial charge in [-0.05, 0) is 32.4 Å². The molecule has 0 radical (unpaired) electrons. The first kappa shape index (κ1) is 28.0. The van der Waals surface area contributed by atoms with Gasteiger partial charge in [0.15, 0.2) is 0 Å². The van der Waals surface area contributed by atoms with Gasteiger partial charge in [-0.3, -0.25) is 9.45 Å². The van der Waals surface area contributed by atoms with Crippen molar-refractivity contribution in [2.45, 2.75) is 102 Å². The van der Waals surface area contributed by atoms with Crippen LogP contribution in [0.2, 0.25) is 0 Å². The fourth-order valence-corrected chi connectivity index (χ4v) is 3.56. The molecule has 170 valence electrons. The average Bonchev–Trinajstić information content (AvgIpc) is 2.66. The lowest BCUT2D eigenvalue weighted by Gasteiger charge is -2.27. The molecule has 0 heterocycles. The molecule has 0 fully saturated rings. The lowest BCUT2D eigenvalue weighted by molar-refractivity contribution is -0.0844. The summed E-state index contributed by atoms with van der Waals surface area (Å²) in [5.74, 6) is 0. The lowest BCUT2D eigenvalue weighted by Crippen LogP contribution is -2.40. The van der Waals surface area contributed by atoms with Crippen LogP contribution in [0.5, 0.6) is 0 Å². The summed E-state index contributed by atoms with van der Waals surface area (Å²) < 4.78 is 29.2. The van der Waals surface area contributed by atoms with E-state index in [0.717, 1.165) is 13.0 Å². The molecule has 1 aromatic carbocycles. The molecular weight excluding hydrogens is 390 g/mol. The van der Waals surface area contributed by atoms with Crippen LogP contribution in [-0.2, 0) is 10.1 Å². The molecule has 0 aliphatic carbocycles. The van der Waals surface area contributed by atoms with Crippen molar-refractivity contribution in [2.75, 3.05) is 6.54 Å². The number of rotatable bonds is 14. The van der Waals surface area contributed by atoms with Gasteiger partial charge in [-0.2, -0.15) is 8.42 Å². The van der Waals surface area contributed by atoms with Crippen molar-refractivity contribution in [1.82, 2.24) is 4.90 Å². The van der Waals surface area contributed by atoms with E-state index in [2.05, 4.69) is 6.92 Å². The molecule has 7 heteroatoms. The topological polar surface area (TPSA) is 98.1 Å². The number of hydrogen-bond acceptors (Lipinski definition) is 5. The van der Waals surface area contributed by atoms with Gasteiger partial charge in [0.25, 0.3) is 10.1 Å². The molecule has 2 atom stereocenters. The van der Waals surface area contributed by atoms with Gasteiger partial charge in [-0.25, -0.2) is 0 Å². The maximum atomic E-state index is 10.4. The molecule has 1 rings (SSSR count). The largest absolute Gasteiger partial charge is 0.379 e. The van der Waals surface area contributed by atoms with Crippen LogP contribution in [0, 0.1) is 0 Å². The highest BCUT2D eigenvalue weighted by Gasteiger charge is 2.14. The second-order valence-electron chi connectivity index (χ2n) is 7.47. The number of aliphatic hydroxyl groups excluding tert-OH is 2. The summed E-state index contributed by atoms with van der Waals surface area (Å²) in [5.41, 5.74) is 0. The van der Waals surface area contributed by atoms with Crippen molar-refractivity contribution in [3.05, 3.63) is 30.3 Å². The zero-order valence-electron chi connectivity index (χ0n) is 18.3. The van der Waals surface area contributed by atoms with Gasteiger partial charge in [0.2, 0.25) is 0 Å². The van der Waals surface area contributed by atoms with Crippen LogP contribution in [0.4, 0.5) is 0 Å². The number of aliphatic hydroxyl groups is 2. The smallest absolute Gasteiger partial charge is 0.294 e. The first-order valence-corrected chi connectivity index (χ1v) is 12.3. The van der Waals surface area contributed by atoms with Crippen LogP contribution >= 0.6 is 0 Å². The van der Waals surface area contributed by atoms with E-state index in [-0.39, 0.29) is 4.90 Å². The van der Waals surface area contributed by atoms with Crippen LogP contribution < -0.4 is 0 Å². The molecule has 29 heavy (non-hydrogen) atoms. The van der Waals surface area contributed by atoms with Crippen molar-refractivity contribution in [2.24, 2.45) is 0 Å². The Kier molecular flexibility index (Phi) is 16.2. The zero-order valence-corrected chi connectivity index (χ0v) is 19.1. The van der Waals surface area contributed by atoms with Crippen LogP contribution in [-0.4, -0.2) is 47.1 Å². The second kappa shape index (κ2) is 16.8. The summed E-state index contributed by atoms with van der Waals surface area (Å²) in [7, 11) is -4.00. The summed E-state index contributed by atoms with van der Waals surface area (Å²) in [4.78, 5) is 1.65. The van der Waals surface area contributed by atoms with Gasteiger partial charge in [-0.1, -0.05) is 82.9 Å². The molecule has 6 nitrogen and oxygen atoms in total. The second-order valence-corrected chi connectivity index (χ2v) is 8.89. The number of unbranched alkanes of at least 4 members (excludes halogenated alkanes) is 9. The van der Waals surface area contributed by atoms with Crippen LogP contribution in [0.25, 0.3) is 0 Å². The Morgan fingerprint density at radius 1 is 0.793 bits per heavy atom. The van der Waals surface area contributed by atoms with Crippen molar-refractivity contribution in [3.63, 3.8) is 0 Å². The number of hydrogen-bond donors (Lipinski definition) is 3. The molecule has 0 aliphatic rings. The van der Waals surface area contributed by atoms with E-state index in [1.165, 1.54) is 69.9 Å². The third-order valence-electron chi connectivity index (χ3n) is 4.77. The van der Waals surface area contributed by atoms with E-state index in [9.17, 15) is 18.6 Å². The predicted molar refractivity (Wildman–Crippen MR) is 118 cm³/mol. The van der Waals surface area contributed by atoms with E-state index < -0.39 is 22.6 Å². The highest BCUT2D eigenvalue weighted by molar-refractivity contribution is 7.85. The third-order valence-corrected chi connectivity index (χ3v) is 5.64. The predicted octanol–water partition coefficient (Wildman–Crippen LogP) is 4.82. The molecule has 0 amide bonds. The number of nitrogens with zero attached hydrogens (tertiary/aromatic N) is 1. The van der Waals surface area contributed by atoms with Crippen LogP contribution in [0.15, 0.2) is 35.2 Å². The van der Waals surface area contributed by atoms with Crippen LogP contribution in [0.3, 0.4) is 0 Å². The molecular formula is C22H41NO5S. The summed E-state index contributed by atoms with van der Waals surface area (Å²) in [6.45, 7) is 6.46. The monoisotopic (exact) mass is 431 g/mol. The Morgan fingerprint density at radius 2 is 1.21 bits per heavy atom. The third kappa shape index (κ3) is 15.5. The summed E-state index contributed by atoms with van der Waals surface area (Å²) in [6.07, 6.45) is 12.0. The van der Waals surface area contributed by atoms with Gasteiger partial charge in [0, 0.05) is 6.54 Å². The Balaban J connectivity index is 0.000000651. The fraction of sp³-hybridized carbons (Fsp3) is 0.727. The Morgan fingerprint density at radius 3 is 1.55 bits per heavy atom. The van der Waals surface area contributed by atoms with Crippen molar-refractivity contribution < 1.29 is 23.2 Å². The maximum absolute atomic E-state index is 10.4. The van der Waals surface area contributed by atoms with E-state index in [1.807, 2.05) is 0 Å². The molecule has 0 saturated carbocycles. The normalized spacial score (nSPS) is 13.6. The van der Waals surface area contributed by atoms with E-state index >= 15 is 0 Å². The Labute approximate surface area is 177 Å². The zero-order chi connectivity index (χ0) is 22.1. The van der Waals surface area contributed by atoms with Crippen LogP contribution in [0.1, 0.15) is 85.0 Å². The highest BCUT2D eigenvalue weighted by atomic mass is 32.2. The van der Waals surface area contributed by atoms with Crippen molar-refractivity contribution in [1.29, 1.82) is 0 Å². The number of benzene rings is 1. The van der Waals surface area contributed by atoms with E-state index in [1.54, 1.807) is 36.9 Å². The molecule has 0 aliphatic heterocycles. The van der Waals surface area contributed by atoms with E-state index in [4.69, 9.17) is 4.55 Å². The summed E-state index contributed by atoms with van der Waals surface area (Å²) >= 11 is 0. The summed E-state index contributed by atoms with van der Waals surface area (Å²) in [6, 6.07) is 7.42. The molecule has 2 unspecified atom stereocenters. The molecule has 0 saturated heterocycles. The van der Waals surface area contributed by atoms with Crippen molar-refractivity contribution >= 4 is 10.1 Å². The van der Waals surface area contributed by atoms with Gasteiger partial charge >= 0.3 is 0 Å². The molecule has 3 N–H and O–H groups in total. The van der Waals surface area contributed by atoms with Gasteiger partial charge in [0.05, 0.1) is 4.90 Å². The van der Waals surface area contributed by atoms with Crippen molar-refractivity contribution in [3.8, 4) is 0 Å². The Bertz CT molecular complexity index is 582. The molecule has 1 aromatic rings. The highest BCUT2D eigenvalue weighted by Crippen LogP contribution is 2.11. The fourth-order valence-electron chi connectivity index (χ4n) is 3.06. The first-order chi connectivity index (χ1) is 13.7. The first-order valence-electron chi connectivity index (χ1n) is 10.8. The summed E-state index contributed by atoms with van der Waals surface area (Å²) in [5, 5.41) is 19.0. The lowest BCUT2D eigenvalue weighted by atomic mass is 10.1. The molecule has 0 bridgehead atoms. The maximum Gasteiger partial charge on any atom is 0.294 e. The molecule has 0 spiro atoms. The standard InChI is InChI=1S/C16H35NO2.C6H6O3S/c1-4-5-6-7-8-9-10-11-12-13-14-17(15(2)18)16(3)19;7-10(8,9)6-4-2-1-3-5-6/h15-16,18-19H,4-14H2,1-3H3;1-5H,(H,7,8,9). The van der Waals surface area contributed by atoms with Gasteiger partial charge in [0.1, 0.15) is 12.5 Å². The van der Waals surface area contributed by atoms with Gasteiger partial charge < -0.3 is 10.2 Å². The minimum absolute atomic E-state index is 0.0741. The van der Waals surface area contributed by atoms with E-state index in [0.29, 0.717) is 0 Å². The molecule has 0 aromatic heterocycles. The minimum atomic E-state index is -4.00.